The van der Waals surface area contributed by atoms with Gasteiger partial charge in [0.15, 0.2) is 0 Å². The highest BCUT2D eigenvalue weighted by molar-refractivity contribution is 5.91. The fraction of sp³-hybridized carbons (Fsp3) is 0.348. The van der Waals surface area contributed by atoms with Crippen LogP contribution < -0.4 is 21.1 Å². The van der Waals surface area contributed by atoms with Crippen LogP contribution in [-0.2, 0) is 27.4 Å². The van der Waals surface area contributed by atoms with Crippen LogP contribution in [0.25, 0.3) is 0 Å². The van der Waals surface area contributed by atoms with Gasteiger partial charge < -0.3 is 25.8 Å². The summed E-state index contributed by atoms with van der Waals surface area (Å²) >= 11 is 0. The van der Waals surface area contributed by atoms with E-state index in [4.69, 9.17) is 15.2 Å². The Labute approximate surface area is 182 Å². The van der Waals surface area contributed by atoms with Gasteiger partial charge in [0, 0.05) is 6.42 Å². The standard InChI is InChI=1S/C23H29N3O5/c1-15(2)20(26-23(29)31-14-16-8-5-4-6-9-16)22(28)25-19(21(24)27)13-17-10-7-11-18(12-17)30-3/h4-12,15,19-20H,13-14H2,1-3H3,(H2,24,27)(H,25,28)(H,26,29)/t19-,20-/m1/s1. The maximum atomic E-state index is 12.8. The van der Waals surface area contributed by atoms with Gasteiger partial charge in [-0.2, -0.15) is 0 Å². The largest absolute Gasteiger partial charge is 0.497 e. The predicted molar refractivity (Wildman–Crippen MR) is 116 cm³/mol. The first-order valence-electron chi connectivity index (χ1n) is 10.00. The fourth-order valence-corrected chi connectivity index (χ4v) is 2.95. The first kappa shape index (κ1) is 23.7. The number of rotatable bonds is 10. The molecule has 0 aromatic heterocycles. The molecule has 2 aromatic rings. The smallest absolute Gasteiger partial charge is 0.408 e. The number of ether oxygens (including phenoxy) is 2. The van der Waals surface area contributed by atoms with Gasteiger partial charge in [0.05, 0.1) is 7.11 Å². The zero-order valence-electron chi connectivity index (χ0n) is 18.0. The number of carbonyl (C=O) groups excluding carboxylic acids is 3. The van der Waals surface area contributed by atoms with Gasteiger partial charge in [-0.1, -0.05) is 56.3 Å². The van der Waals surface area contributed by atoms with Crippen molar-refractivity contribution < 1.29 is 23.9 Å². The molecule has 31 heavy (non-hydrogen) atoms. The summed E-state index contributed by atoms with van der Waals surface area (Å²) < 4.78 is 10.4. The Morgan fingerprint density at radius 3 is 2.26 bits per heavy atom. The molecule has 3 amide bonds. The third-order valence-corrected chi connectivity index (χ3v) is 4.67. The SMILES string of the molecule is COc1cccc(C[C@@H](NC(=O)[C@H](NC(=O)OCc2ccccc2)C(C)C)C(N)=O)c1. The number of carbonyl (C=O) groups is 3. The molecule has 0 spiro atoms. The molecule has 0 fully saturated rings. The molecule has 2 rings (SSSR count). The van der Waals surface area contributed by atoms with E-state index in [0.717, 1.165) is 11.1 Å². The Bertz CT molecular complexity index is 886. The van der Waals surface area contributed by atoms with Crippen LogP contribution in [0.15, 0.2) is 54.6 Å². The number of hydrogen-bond acceptors (Lipinski definition) is 5. The second-order valence-corrected chi connectivity index (χ2v) is 7.45. The number of nitrogens with two attached hydrogens (primary N) is 1. The molecule has 2 atom stereocenters. The molecule has 8 nitrogen and oxygen atoms in total. The van der Waals surface area contributed by atoms with Crippen LogP contribution >= 0.6 is 0 Å². The lowest BCUT2D eigenvalue weighted by Gasteiger charge is -2.24. The number of primary amides is 1. The van der Waals surface area contributed by atoms with Gasteiger partial charge in [0.25, 0.3) is 0 Å². The topological polar surface area (TPSA) is 120 Å². The normalized spacial score (nSPS) is 12.5. The summed E-state index contributed by atoms with van der Waals surface area (Å²) in [6.07, 6.45) is -0.525. The minimum absolute atomic E-state index is 0.0822. The van der Waals surface area contributed by atoms with Crippen LogP contribution in [-0.4, -0.2) is 37.1 Å². The van der Waals surface area contributed by atoms with Crippen LogP contribution in [0.2, 0.25) is 0 Å². The summed E-state index contributed by atoms with van der Waals surface area (Å²) in [4.78, 5) is 36.9. The van der Waals surface area contributed by atoms with Gasteiger partial charge in [-0.3, -0.25) is 9.59 Å². The Morgan fingerprint density at radius 1 is 0.968 bits per heavy atom. The van der Waals surface area contributed by atoms with Crippen molar-refractivity contribution in [3.8, 4) is 5.75 Å². The van der Waals surface area contributed by atoms with Gasteiger partial charge in [-0.25, -0.2) is 4.79 Å². The van der Waals surface area contributed by atoms with E-state index in [1.54, 1.807) is 39.2 Å². The lowest BCUT2D eigenvalue weighted by molar-refractivity contribution is -0.129. The van der Waals surface area contributed by atoms with Crippen molar-refractivity contribution in [1.82, 2.24) is 10.6 Å². The molecule has 0 saturated carbocycles. The van der Waals surface area contributed by atoms with Gasteiger partial charge in [-0.05, 0) is 29.2 Å². The summed E-state index contributed by atoms with van der Waals surface area (Å²) in [7, 11) is 1.54. The third kappa shape index (κ3) is 7.65. The highest BCUT2D eigenvalue weighted by atomic mass is 16.5. The third-order valence-electron chi connectivity index (χ3n) is 4.67. The van der Waals surface area contributed by atoms with Crippen molar-refractivity contribution in [2.45, 2.75) is 39.0 Å². The number of amides is 3. The maximum Gasteiger partial charge on any atom is 0.408 e. The van der Waals surface area contributed by atoms with Crippen molar-refractivity contribution in [1.29, 1.82) is 0 Å². The van der Waals surface area contributed by atoms with Crippen molar-refractivity contribution in [2.75, 3.05) is 7.11 Å². The van der Waals surface area contributed by atoms with Crippen LogP contribution in [0, 0.1) is 5.92 Å². The summed E-state index contributed by atoms with van der Waals surface area (Å²) in [5, 5.41) is 5.21. The Balaban J connectivity index is 1.99. The van der Waals surface area contributed by atoms with E-state index < -0.39 is 30.0 Å². The summed E-state index contributed by atoms with van der Waals surface area (Å²) in [6.45, 7) is 3.64. The molecule has 166 valence electrons. The average molecular weight is 428 g/mol. The molecule has 2 aromatic carbocycles. The van der Waals surface area contributed by atoms with Gasteiger partial charge in [-0.15, -0.1) is 0 Å². The molecule has 0 saturated heterocycles. The Hall–Kier alpha value is -3.55. The Kier molecular flexibility index (Phi) is 8.87. The minimum Gasteiger partial charge on any atom is -0.497 e. The molecule has 0 aliphatic rings. The number of nitrogens with one attached hydrogen (secondary N) is 2. The molecule has 0 heterocycles. The maximum absolute atomic E-state index is 12.8. The van der Waals surface area contributed by atoms with E-state index in [9.17, 15) is 14.4 Å². The van der Waals surface area contributed by atoms with E-state index in [2.05, 4.69) is 10.6 Å². The summed E-state index contributed by atoms with van der Waals surface area (Å²) in [6, 6.07) is 14.5. The van der Waals surface area contributed by atoms with Gasteiger partial charge in [0.2, 0.25) is 11.8 Å². The van der Waals surface area contributed by atoms with Gasteiger partial charge in [0.1, 0.15) is 24.4 Å². The molecule has 8 heteroatoms. The van der Waals surface area contributed by atoms with Crippen molar-refractivity contribution in [3.05, 3.63) is 65.7 Å². The summed E-state index contributed by atoms with van der Waals surface area (Å²) in [5.74, 6) is -0.798. The molecule has 4 N–H and O–H groups in total. The minimum atomic E-state index is -0.942. The first-order chi connectivity index (χ1) is 14.8. The highest BCUT2D eigenvalue weighted by Crippen LogP contribution is 2.14. The summed E-state index contributed by atoms with van der Waals surface area (Å²) in [5.41, 5.74) is 7.10. The molecule has 0 unspecified atom stereocenters. The monoisotopic (exact) mass is 427 g/mol. The molecule has 0 aliphatic heterocycles. The zero-order valence-corrected chi connectivity index (χ0v) is 18.0. The molecule has 0 radical (unpaired) electrons. The van der Waals surface area contributed by atoms with Crippen molar-refractivity contribution >= 4 is 17.9 Å². The van der Waals surface area contributed by atoms with Crippen LogP contribution in [0.1, 0.15) is 25.0 Å². The van der Waals surface area contributed by atoms with E-state index in [1.807, 2.05) is 36.4 Å². The van der Waals surface area contributed by atoms with Gasteiger partial charge >= 0.3 is 6.09 Å². The van der Waals surface area contributed by atoms with Crippen LogP contribution in [0.3, 0.4) is 0 Å². The molecule has 0 aliphatic carbocycles. The number of benzene rings is 2. The first-order valence-corrected chi connectivity index (χ1v) is 10.00. The molecule has 0 bridgehead atoms. The second kappa shape index (κ2) is 11.6. The Morgan fingerprint density at radius 2 is 1.65 bits per heavy atom. The number of alkyl carbamates (subject to hydrolysis) is 1. The zero-order chi connectivity index (χ0) is 22.8. The molecular weight excluding hydrogens is 398 g/mol. The second-order valence-electron chi connectivity index (χ2n) is 7.45. The fourth-order valence-electron chi connectivity index (χ4n) is 2.95. The number of hydrogen-bond donors (Lipinski definition) is 3. The predicted octanol–water partition coefficient (Wildman–Crippen LogP) is 2.16. The number of methoxy groups -OCH3 is 1. The van der Waals surface area contributed by atoms with E-state index in [0.29, 0.717) is 5.75 Å². The van der Waals surface area contributed by atoms with Crippen LogP contribution in [0.5, 0.6) is 5.75 Å². The van der Waals surface area contributed by atoms with Crippen molar-refractivity contribution in [3.63, 3.8) is 0 Å². The van der Waals surface area contributed by atoms with Crippen LogP contribution in [0.4, 0.5) is 4.79 Å². The van der Waals surface area contributed by atoms with Crippen molar-refractivity contribution in [2.24, 2.45) is 11.7 Å². The lowest BCUT2D eigenvalue weighted by Crippen LogP contribution is -2.55. The van der Waals surface area contributed by atoms with E-state index in [-0.39, 0.29) is 18.9 Å². The molecular formula is C23H29N3O5. The quantitative estimate of drug-likeness (QED) is 0.537. The lowest BCUT2D eigenvalue weighted by atomic mass is 10.0. The van der Waals surface area contributed by atoms with E-state index >= 15 is 0 Å². The highest BCUT2D eigenvalue weighted by Gasteiger charge is 2.28. The average Bonchev–Trinajstić information content (AvgIpc) is 2.76. The van der Waals surface area contributed by atoms with E-state index in [1.165, 1.54) is 0 Å².